The van der Waals surface area contributed by atoms with Crippen LogP contribution in [-0.2, 0) is 4.79 Å². The number of carbonyl (C=O) groups excluding carboxylic acids is 1. The first-order chi connectivity index (χ1) is 6.33. The first-order valence-corrected chi connectivity index (χ1v) is 4.85. The molecule has 1 aromatic carbocycles. The van der Waals surface area contributed by atoms with Crippen molar-refractivity contribution in [3.8, 4) is 5.75 Å². The fourth-order valence-corrected chi connectivity index (χ4v) is 1.13. The zero-order chi connectivity index (χ0) is 9.52. The predicted molar refractivity (Wildman–Crippen MR) is 54.6 cm³/mol. The Labute approximate surface area is 86.0 Å². The number of hydrogen-bond donors (Lipinski definition) is 0. The highest BCUT2D eigenvalue weighted by atomic mass is 79.9. The summed E-state index contributed by atoms with van der Waals surface area (Å²) in [6, 6.07) is 7.60. The van der Waals surface area contributed by atoms with E-state index in [9.17, 15) is 4.79 Å². The van der Waals surface area contributed by atoms with E-state index in [1.54, 1.807) is 0 Å². The molecule has 69 valence electrons. The van der Waals surface area contributed by atoms with Crippen LogP contribution in [0.15, 0.2) is 28.7 Å². The van der Waals surface area contributed by atoms with E-state index in [1.165, 1.54) is 0 Å². The molecule has 1 radical (unpaired) electrons. The third-order valence-electron chi connectivity index (χ3n) is 1.51. The van der Waals surface area contributed by atoms with Gasteiger partial charge >= 0.3 is 0 Å². The van der Waals surface area contributed by atoms with Crippen molar-refractivity contribution in [2.45, 2.75) is 12.8 Å². The standard InChI is InChI=1S/C10H10BrO2/c11-9-3-5-10(6-4-9)13-8-2-1-7-12/h3-6H,1-2,8H2. The summed E-state index contributed by atoms with van der Waals surface area (Å²) >= 11 is 3.33. The Kier molecular flexibility index (Phi) is 4.54. The third-order valence-corrected chi connectivity index (χ3v) is 2.03. The summed E-state index contributed by atoms with van der Waals surface area (Å²) in [5.74, 6) is 0.828. The normalized spacial score (nSPS) is 9.62. The third kappa shape index (κ3) is 4.08. The van der Waals surface area contributed by atoms with Crippen molar-refractivity contribution < 1.29 is 9.53 Å². The van der Waals surface area contributed by atoms with Gasteiger partial charge in [-0.2, -0.15) is 0 Å². The van der Waals surface area contributed by atoms with Crippen LogP contribution in [0.4, 0.5) is 0 Å². The van der Waals surface area contributed by atoms with Crippen molar-refractivity contribution in [2.24, 2.45) is 0 Å². The average molecular weight is 242 g/mol. The average Bonchev–Trinajstić information content (AvgIpc) is 2.15. The summed E-state index contributed by atoms with van der Waals surface area (Å²) in [7, 11) is 0. The molecule has 0 aliphatic carbocycles. The number of hydrogen-bond acceptors (Lipinski definition) is 2. The van der Waals surface area contributed by atoms with E-state index in [0.717, 1.165) is 16.6 Å². The van der Waals surface area contributed by atoms with Crippen LogP contribution < -0.4 is 4.74 Å². The minimum Gasteiger partial charge on any atom is -0.494 e. The Morgan fingerprint density at radius 2 is 2.00 bits per heavy atom. The number of benzene rings is 1. The maximum Gasteiger partial charge on any atom is 0.198 e. The zero-order valence-corrected chi connectivity index (χ0v) is 8.71. The molecule has 0 amide bonds. The van der Waals surface area contributed by atoms with Crippen LogP contribution in [0.3, 0.4) is 0 Å². The van der Waals surface area contributed by atoms with Gasteiger partial charge in [0.2, 0.25) is 0 Å². The van der Waals surface area contributed by atoms with E-state index < -0.39 is 0 Å². The highest BCUT2D eigenvalue weighted by Crippen LogP contribution is 2.16. The maximum atomic E-state index is 9.87. The molecule has 0 atom stereocenters. The second kappa shape index (κ2) is 5.75. The lowest BCUT2D eigenvalue weighted by Crippen LogP contribution is -1.96. The summed E-state index contributed by atoms with van der Waals surface area (Å²) in [6.07, 6.45) is 2.99. The lowest BCUT2D eigenvalue weighted by atomic mass is 10.3. The summed E-state index contributed by atoms with van der Waals surface area (Å²) in [5.41, 5.74) is 0. The van der Waals surface area contributed by atoms with Gasteiger partial charge in [0.1, 0.15) is 5.75 Å². The first-order valence-electron chi connectivity index (χ1n) is 4.06. The van der Waals surface area contributed by atoms with Crippen molar-refractivity contribution >= 4 is 22.2 Å². The molecule has 0 unspecified atom stereocenters. The molecule has 0 N–H and O–H groups in total. The first kappa shape index (κ1) is 10.3. The van der Waals surface area contributed by atoms with Gasteiger partial charge in [0.25, 0.3) is 0 Å². The molecular formula is C10H10BrO2. The minimum atomic E-state index is 0.441. The number of unbranched alkanes of at least 4 members (excludes halogenated alkanes) is 1. The fourth-order valence-electron chi connectivity index (χ4n) is 0.865. The van der Waals surface area contributed by atoms with E-state index in [2.05, 4.69) is 15.9 Å². The molecule has 13 heavy (non-hydrogen) atoms. The Morgan fingerprint density at radius 3 is 2.62 bits per heavy atom. The number of halogens is 1. The van der Waals surface area contributed by atoms with Gasteiger partial charge in [-0.25, -0.2) is 0 Å². The molecule has 0 aliphatic rings. The monoisotopic (exact) mass is 241 g/mol. The van der Waals surface area contributed by atoms with Crippen LogP contribution in [-0.4, -0.2) is 12.9 Å². The molecule has 0 heterocycles. The largest absolute Gasteiger partial charge is 0.494 e. The Morgan fingerprint density at radius 1 is 1.31 bits per heavy atom. The van der Waals surface area contributed by atoms with Crippen LogP contribution in [0.1, 0.15) is 12.8 Å². The van der Waals surface area contributed by atoms with E-state index in [0.29, 0.717) is 13.0 Å². The Hall–Kier alpha value is -0.830. The summed E-state index contributed by atoms with van der Waals surface area (Å²) in [4.78, 5) is 9.87. The van der Waals surface area contributed by atoms with Gasteiger partial charge in [0, 0.05) is 10.9 Å². The molecule has 1 rings (SSSR count). The molecule has 0 saturated carbocycles. The Balaban J connectivity index is 2.28. The zero-order valence-electron chi connectivity index (χ0n) is 7.13. The van der Waals surface area contributed by atoms with Crippen LogP contribution in [0.2, 0.25) is 0 Å². The predicted octanol–water partition coefficient (Wildman–Crippen LogP) is 2.72. The molecular weight excluding hydrogens is 232 g/mol. The minimum absolute atomic E-state index is 0.441. The molecule has 0 aromatic heterocycles. The molecule has 0 bridgehead atoms. The fraction of sp³-hybridized carbons (Fsp3) is 0.300. The van der Waals surface area contributed by atoms with Crippen molar-refractivity contribution in [1.82, 2.24) is 0 Å². The molecule has 0 aliphatic heterocycles. The van der Waals surface area contributed by atoms with Crippen LogP contribution in [0.5, 0.6) is 5.75 Å². The molecule has 0 saturated heterocycles. The molecule has 2 nitrogen and oxygen atoms in total. The van der Waals surface area contributed by atoms with Gasteiger partial charge in [-0.05, 0) is 30.7 Å². The summed E-state index contributed by atoms with van der Waals surface area (Å²) < 4.78 is 6.39. The SMILES string of the molecule is O=[C]CCCOc1ccc(Br)cc1. The van der Waals surface area contributed by atoms with Crippen molar-refractivity contribution in [1.29, 1.82) is 0 Å². The Bertz CT molecular complexity index is 256. The summed E-state index contributed by atoms with van der Waals surface area (Å²) in [5, 5.41) is 0. The highest BCUT2D eigenvalue weighted by molar-refractivity contribution is 9.10. The number of rotatable bonds is 5. The molecule has 0 fully saturated rings. The second-order valence-electron chi connectivity index (χ2n) is 2.55. The van der Waals surface area contributed by atoms with Crippen molar-refractivity contribution in [3.05, 3.63) is 28.7 Å². The van der Waals surface area contributed by atoms with Crippen molar-refractivity contribution in [2.75, 3.05) is 6.61 Å². The van der Waals surface area contributed by atoms with Crippen LogP contribution in [0, 0.1) is 0 Å². The molecule has 0 spiro atoms. The maximum absolute atomic E-state index is 9.87. The van der Waals surface area contributed by atoms with E-state index in [4.69, 9.17) is 4.74 Å². The van der Waals surface area contributed by atoms with Gasteiger partial charge in [0.15, 0.2) is 6.29 Å². The molecule has 1 aromatic rings. The van der Waals surface area contributed by atoms with Gasteiger partial charge in [-0.3, -0.25) is 4.79 Å². The van der Waals surface area contributed by atoms with E-state index >= 15 is 0 Å². The summed E-state index contributed by atoms with van der Waals surface area (Å²) in [6.45, 7) is 0.566. The lowest BCUT2D eigenvalue weighted by Gasteiger charge is -2.03. The van der Waals surface area contributed by atoms with E-state index in [1.807, 2.05) is 30.6 Å². The second-order valence-corrected chi connectivity index (χ2v) is 3.47. The topological polar surface area (TPSA) is 26.3 Å². The van der Waals surface area contributed by atoms with Gasteiger partial charge in [-0.15, -0.1) is 0 Å². The molecule has 3 heteroatoms. The van der Waals surface area contributed by atoms with Crippen LogP contribution in [0.25, 0.3) is 0 Å². The van der Waals surface area contributed by atoms with Gasteiger partial charge < -0.3 is 4.74 Å². The van der Waals surface area contributed by atoms with E-state index in [-0.39, 0.29) is 0 Å². The van der Waals surface area contributed by atoms with Gasteiger partial charge in [0.05, 0.1) is 6.61 Å². The van der Waals surface area contributed by atoms with Crippen LogP contribution >= 0.6 is 15.9 Å². The van der Waals surface area contributed by atoms with Gasteiger partial charge in [-0.1, -0.05) is 15.9 Å². The lowest BCUT2D eigenvalue weighted by molar-refractivity contribution is 0.312. The smallest absolute Gasteiger partial charge is 0.198 e. The van der Waals surface area contributed by atoms with Crippen molar-refractivity contribution in [3.63, 3.8) is 0 Å². The highest BCUT2D eigenvalue weighted by Gasteiger charge is 1.93. The quantitative estimate of drug-likeness (QED) is 0.742. The number of ether oxygens (including phenoxy) is 1.